The Hall–Kier alpha value is 0.640. The largest absolute Gasteiger partial charge is 0.387 e. The molecule has 8 heteroatoms. The molecule has 0 aliphatic rings. The summed E-state index contributed by atoms with van der Waals surface area (Å²) in [5.41, 5.74) is 0. The molecule has 0 heterocycles. The van der Waals surface area contributed by atoms with E-state index in [9.17, 15) is 9.59 Å². The lowest BCUT2D eigenvalue weighted by Crippen LogP contribution is -2.48. The highest BCUT2D eigenvalue weighted by molar-refractivity contribution is 14.1. The number of rotatable bonds is 5. The minimum atomic E-state index is -1.88. The van der Waals surface area contributed by atoms with Crippen molar-refractivity contribution in [1.82, 2.24) is 0 Å². The van der Waals surface area contributed by atoms with Crippen molar-refractivity contribution in [2.75, 3.05) is 0 Å². The molecule has 0 saturated heterocycles. The highest BCUT2D eigenvalue weighted by Gasteiger charge is 2.35. The topological polar surface area (TPSA) is 115 Å². The Bertz CT molecular complexity index is 208. The zero-order valence-corrected chi connectivity index (χ0v) is 11.0. The summed E-state index contributed by atoms with van der Waals surface area (Å²) in [6.07, 6.45) is -7.41. The number of aliphatic hydroxyl groups excluding tert-OH is 4. The first-order valence-electron chi connectivity index (χ1n) is 3.40. The van der Waals surface area contributed by atoms with Crippen LogP contribution >= 0.6 is 45.2 Å². The molecule has 0 fully saturated rings. The summed E-state index contributed by atoms with van der Waals surface area (Å²) in [6, 6.07) is 0. The van der Waals surface area contributed by atoms with Crippen molar-refractivity contribution in [2.24, 2.45) is 0 Å². The van der Waals surface area contributed by atoms with Crippen LogP contribution < -0.4 is 0 Å². The van der Waals surface area contributed by atoms with Crippen LogP contribution in [-0.2, 0) is 9.59 Å². The van der Waals surface area contributed by atoms with Crippen LogP contribution in [0.15, 0.2) is 0 Å². The van der Waals surface area contributed by atoms with Gasteiger partial charge < -0.3 is 20.4 Å². The van der Waals surface area contributed by atoms with Gasteiger partial charge in [-0.25, -0.2) is 0 Å². The lowest BCUT2D eigenvalue weighted by atomic mass is 10.0. The first-order valence-corrected chi connectivity index (χ1v) is 5.55. The van der Waals surface area contributed by atoms with Gasteiger partial charge in [-0.1, -0.05) is 0 Å². The first kappa shape index (κ1) is 14.6. The smallest absolute Gasteiger partial charge is 0.223 e. The standard InChI is InChI=1S/C6H8I2O6/c7-5(13)3(11)1(9)2(10)4(12)6(8)14/h1-4,9-12H. The van der Waals surface area contributed by atoms with Gasteiger partial charge in [0, 0.05) is 45.2 Å². The van der Waals surface area contributed by atoms with E-state index in [1.807, 2.05) is 0 Å². The Kier molecular flexibility index (Phi) is 6.56. The second-order valence-electron chi connectivity index (χ2n) is 2.48. The van der Waals surface area contributed by atoms with Crippen molar-refractivity contribution < 1.29 is 30.0 Å². The monoisotopic (exact) mass is 430 g/mol. The van der Waals surface area contributed by atoms with E-state index in [0.717, 1.165) is 0 Å². The van der Waals surface area contributed by atoms with Gasteiger partial charge in [-0.15, -0.1) is 0 Å². The van der Waals surface area contributed by atoms with Gasteiger partial charge in [0.05, 0.1) is 0 Å². The molecular weight excluding hydrogens is 422 g/mol. The summed E-state index contributed by atoms with van der Waals surface area (Å²) in [5.74, 6) is 0. The molecule has 0 aromatic heterocycles. The van der Waals surface area contributed by atoms with E-state index in [4.69, 9.17) is 20.4 Å². The number of aliphatic hydroxyl groups is 4. The lowest BCUT2D eigenvalue weighted by Gasteiger charge is -2.22. The number of hydrogen-bond acceptors (Lipinski definition) is 6. The molecule has 4 atom stereocenters. The molecule has 4 N–H and O–H groups in total. The lowest BCUT2D eigenvalue weighted by molar-refractivity contribution is -0.142. The third-order valence-corrected chi connectivity index (χ3v) is 2.74. The van der Waals surface area contributed by atoms with Gasteiger partial charge in [-0.3, -0.25) is 9.59 Å². The molecule has 0 aromatic carbocycles. The Morgan fingerprint density at radius 3 is 1.14 bits per heavy atom. The van der Waals surface area contributed by atoms with Crippen LogP contribution in [0.4, 0.5) is 0 Å². The first-order chi connectivity index (χ1) is 6.29. The van der Waals surface area contributed by atoms with Crippen molar-refractivity contribution in [3.05, 3.63) is 0 Å². The third kappa shape index (κ3) is 4.02. The van der Waals surface area contributed by atoms with Crippen molar-refractivity contribution in [1.29, 1.82) is 0 Å². The maximum Gasteiger partial charge on any atom is 0.223 e. The number of carbonyl (C=O) groups is 2. The van der Waals surface area contributed by atoms with Crippen LogP contribution in [0.3, 0.4) is 0 Å². The van der Waals surface area contributed by atoms with Crippen molar-refractivity contribution >= 4 is 52.8 Å². The second-order valence-corrected chi connectivity index (χ2v) is 4.61. The summed E-state index contributed by atoms with van der Waals surface area (Å²) < 4.78 is -1.58. The SMILES string of the molecule is O=C(I)C(O)C(O)C(O)C(O)C(=O)I. The molecule has 0 spiro atoms. The highest BCUT2D eigenvalue weighted by Crippen LogP contribution is 2.11. The molecule has 4 unspecified atom stereocenters. The minimum Gasteiger partial charge on any atom is -0.387 e. The average molecular weight is 430 g/mol. The Morgan fingerprint density at radius 2 is 1.00 bits per heavy atom. The molecule has 0 bridgehead atoms. The molecule has 0 aliphatic carbocycles. The zero-order chi connectivity index (χ0) is 11.5. The molecule has 0 rings (SSSR count). The van der Waals surface area contributed by atoms with Gasteiger partial charge >= 0.3 is 0 Å². The van der Waals surface area contributed by atoms with Gasteiger partial charge in [0.25, 0.3) is 0 Å². The maximum atomic E-state index is 10.6. The van der Waals surface area contributed by atoms with Gasteiger partial charge in [0.15, 0.2) is 12.2 Å². The molecule has 0 aliphatic heterocycles. The van der Waals surface area contributed by atoms with Gasteiger partial charge in [-0.05, 0) is 0 Å². The summed E-state index contributed by atoms with van der Waals surface area (Å²) in [4.78, 5) is 21.2. The number of halogens is 2. The Labute approximate surface area is 107 Å². The molecule has 82 valence electrons. The molecule has 0 amide bonds. The average Bonchev–Trinajstić information content (AvgIpc) is 2.12. The van der Waals surface area contributed by atoms with Gasteiger partial charge in [0.2, 0.25) is 7.58 Å². The van der Waals surface area contributed by atoms with E-state index in [0.29, 0.717) is 0 Å². The fraction of sp³-hybridized carbons (Fsp3) is 0.667. The summed E-state index contributed by atoms with van der Waals surface area (Å²) in [7, 11) is 0. The van der Waals surface area contributed by atoms with Gasteiger partial charge in [0.1, 0.15) is 12.2 Å². The minimum absolute atomic E-state index is 0.790. The molecule has 0 aromatic rings. The maximum absolute atomic E-state index is 10.6. The summed E-state index contributed by atoms with van der Waals surface area (Å²) in [6.45, 7) is 0. The van der Waals surface area contributed by atoms with E-state index in [2.05, 4.69) is 0 Å². The summed E-state index contributed by atoms with van der Waals surface area (Å²) >= 11 is 2.46. The molecule has 0 saturated carbocycles. The number of carbonyl (C=O) groups excluding carboxylic acids is 2. The molecular formula is C6H8I2O6. The van der Waals surface area contributed by atoms with Crippen molar-refractivity contribution in [3.63, 3.8) is 0 Å². The van der Waals surface area contributed by atoms with Crippen LogP contribution in [0.1, 0.15) is 0 Å². The van der Waals surface area contributed by atoms with E-state index in [1.54, 1.807) is 0 Å². The van der Waals surface area contributed by atoms with Crippen LogP contribution in [0.2, 0.25) is 0 Å². The van der Waals surface area contributed by atoms with Crippen LogP contribution in [-0.4, -0.2) is 52.4 Å². The second kappa shape index (κ2) is 6.27. The molecule has 0 radical (unpaired) electrons. The fourth-order valence-corrected chi connectivity index (χ4v) is 1.38. The van der Waals surface area contributed by atoms with Crippen LogP contribution in [0, 0.1) is 0 Å². The molecule has 14 heavy (non-hydrogen) atoms. The number of hydrogen-bond donors (Lipinski definition) is 4. The van der Waals surface area contributed by atoms with Crippen molar-refractivity contribution in [3.8, 4) is 0 Å². The Morgan fingerprint density at radius 1 is 0.786 bits per heavy atom. The Balaban J connectivity index is 4.45. The van der Waals surface area contributed by atoms with E-state index < -0.39 is 32.0 Å². The predicted molar refractivity (Wildman–Crippen MR) is 62.1 cm³/mol. The van der Waals surface area contributed by atoms with Crippen LogP contribution in [0.5, 0.6) is 0 Å². The van der Waals surface area contributed by atoms with E-state index >= 15 is 0 Å². The molecule has 6 nitrogen and oxygen atoms in total. The van der Waals surface area contributed by atoms with Crippen molar-refractivity contribution in [2.45, 2.75) is 24.4 Å². The normalized spacial score (nSPS) is 19.6. The van der Waals surface area contributed by atoms with E-state index in [-0.39, 0.29) is 0 Å². The van der Waals surface area contributed by atoms with Gasteiger partial charge in [-0.2, -0.15) is 0 Å². The van der Waals surface area contributed by atoms with E-state index in [1.165, 1.54) is 45.2 Å². The highest BCUT2D eigenvalue weighted by atomic mass is 127. The fourth-order valence-electron chi connectivity index (χ4n) is 0.642. The van der Waals surface area contributed by atoms with Crippen LogP contribution in [0.25, 0.3) is 0 Å². The summed E-state index contributed by atoms with van der Waals surface area (Å²) in [5, 5.41) is 36.3. The third-order valence-electron chi connectivity index (χ3n) is 1.46. The quantitative estimate of drug-likeness (QED) is 0.307. The zero-order valence-electron chi connectivity index (χ0n) is 6.67. The predicted octanol–water partition coefficient (Wildman–Crippen LogP) is -1.65.